The Kier molecular flexibility index (Phi) is 6.17. The molecule has 3 aromatic rings. The van der Waals surface area contributed by atoms with Crippen LogP contribution in [-0.4, -0.2) is 0 Å². The maximum atomic E-state index is 9.29. The summed E-state index contributed by atoms with van der Waals surface area (Å²) in [6, 6.07) is 24.2. The number of rotatable bonds is 5. The maximum Gasteiger partial charge on any atom is 0.119 e. The average Bonchev–Trinajstić information content (AvgIpc) is 2.79. The molecule has 1 aliphatic carbocycles. The molecule has 0 aromatic heterocycles. The van der Waals surface area contributed by atoms with E-state index in [0.717, 1.165) is 22.4 Å². The monoisotopic (exact) mass is 401 g/mol. The fourth-order valence-corrected chi connectivity index (χ4v) is 4.25. The van der Waals surface area contributed by atoms with Gasteiger partial charge in [0, 0.05) is 5.02 Å². The number of hydrogen-bond acceptors (Lipinski definition) is 2. The molecule has 1 aliphatic rings. The molecule has 0 N–H and O–H groups in total. The van der Waals surface area contributed by atoms with Crippen LogP contribution in [0.2, 0.25) is 5.02 Å². The SMILES string of the molecule is N#Cc1ccc(-c2ccc(Cl)cc2)c(COc2ccc(C3CCCCC3)cc2)c1. The summed E-state index contributed by atoms with van der Waals surface area (Å²) < 4.78 is 6.08. The minimum atomic E-state index is 0.413. The fraction of sp³-hybridized carbons (Fsp3) is 0.269. The summed E-state index contributed by atoms with van der Waals surface area (Å²) in [6.07, 6.45) is 6.64. The normalized spacial score (nSPS) is 14.3. The minimum Gasteiger partial charge on any atom is -0.489 e. The van der Waals surface area contributed by atoms with Crippen LogP contribution in [0.1, 0.15) is 54.7 Å². The second kappa shape index (κ2) is 9.16. The summed E-state index contributed by atoms with van der Waals surface area (Å²) in [5.74, 6) is 1.55. The van der Waals surface area contributed by atoms with Gasteiger partial charge in [-0.3, -0.25) is 0 Å². The summed E-state index contributed by atoms with van der Waals surface area (Å²) in [5.41, 5.74) is 5.16. The first-order valence-corrected chi connectivity index (χ1v) is 10.6. The van der Waals surface area contributed by atoms with Crippen LogP contribution in [0.4, 0.5) is 0 Å². The minimum absolute atomic E-state index is 0.413. The molecule has 0 heterocycles. The van der Waals surface area contributed by atoms with Crippen LogP contribution in [-0.2, 0) is 6.61 Å². The van der Waals surface area contributed by atoms with Gasteiger partial charge in [0.2, 0.25) is 0 Å². The lowest BCUT2D eigenvalue weighted by molar-refractivity contribution is 0.306. The number of nitrogens with zero attached hydrogens (tertiary/aromatic N) is 1. The quantitative estimate of drug-likeness (QED) is 0.443. The van der Waals surface area contributed by atoms with E-state index in [-0.39, 0.29) is 0 Å². The molecule has 0 amide bonds. The van der Waals surface area contributed by atoms with Crippen molar-refractivity contribution in [3.63, 3.8) is 0 Å². The van der Waals surface area contributed by atoms with Crippen molar-refractivity contribution in [3.8, 4) is 22.9 Å². The van der Waals surface area contributed by atoms with E-state index in [4.69, 9.17) is 16.3 Å². The Morgan fingerprint density at radius 3 is 2.31 bits per heavy atom. The first kappa shape index (κ1) is 19.6. The zero-order valence-electron chi connectivity index (χ0n) is 16.4. The van der Waals surface area contributed by atoms with Crippen LogP contribution in [0, 0.1) is 11.3 Å². The number of hydrogen-bond donors (Lipinski definition) is 0. The van der Waals surface area contributed by atoms with Gasteiger partial charge in [0.25, 0.3) is 0 Å². The first-order chi connectivity index (χ1) is 14.2. The van der Waals surface area contributed by atoms with E-state index < -0.39 is 0 Å². The van der Waals surface area contributed by atoms with Gasteiger partial charge in [0.1, 0.15) is 12.4 Å². The van der Waals surface area contributed by atoms with Crippen LogP contribution >= 0.6 is 11.6 Å². The Hall–Kier alpha value is -2.76. The molecule has 2 nitrogen and oxygen atoms in total. The van der Waals surface area contributed by atoms with E-state index in [1.165, 1.54) is 37.7 Å². The van der Waals surface area contributed by atoms with E-state index in [2.05, 4.69) is 30.3 Å². The van der Waals surface area contributed by atoms with Crippen LogP contribution in [0.15, 0.2) is 66.7 Å². The third kappa shape index (κ3) is 4.81. The van der Waals surface area contributed by atoms with Gasteiger partial charge in [-0.25, -0.2) is 0 Å². The Bertz CT molecular complexity index is 996. The molecule has 1 saturated carbocycles. The lowest BCUT2D eigenvalue weighted by atomic mass is 9.84. The molecule has 0 bridgehead atoms. The molecular formula is C26H24ClNO. The highest BCUT2D eigenvalue weighted by Gasteiger charge is 2.15. The van der Waals surface area contributed by atoms with Gasteiger partial charge >= 0.3 is 0 Å². The Morgan fingerprint density at radius 2 is 1.62 bits per heavy atom. The highest BCUT2D eigenvalue weighted by molar-refractivity contribution is 6.30. The molecule has 146 valence electrons. The summed E-state index contributed by atoms with van der Waals surface area (Å²) in [4.78, 5) is 0. The summed E-state index contributed by atoms with van der Waals surface area (Å²) in [7, 11) is 0. The molecular weight excluding hydrogens is 378 g/mol. The number of benzene rings is 3. The lowest BCUT2D eigenvalue weighted by Crippen LogP contribution is -2.04. The van der Waals surface area contributed by atoms with Gasteiger partial charge in [-0.1, -0.05) is 61.2 Å². The predicted octanol–water partition coefficient (Wildman–Crippen LogP) is 7.51. The van der Waals surface area contributed by atoms with Crippen molar-refractivity contribution >= 4 is 11.6 Å². The molecule has 0 saturated heterocycles. The molecule has 0 aliphatic heterocycles. The summed E-state index contributed by atoms with van der Waals surface area (Å²) >= 11 is 6.03. The van der Waals surface area contributed by atoms with Crippen molar-refractivity contribution in [1.82, 2.24) is 0 Å². The van der Waals surface area contributed by atoms with Gasteiger partial charge in [0.05, 0.1) is 11.6 Å². The maximum absolute atomic E-state index is 9.29. The third-order valence-corrected chi connectivity index (χ3v) is 5.99. The van der Waals surface area contributed by atoms with E-state index >= 15 is 0 Å². The van der Waals surface area contributed by atoms with Crippen LogP contribution in [0.25, 0.3) is 11.1 Å². The van der Waals surface area contributed by atoms with E-state index in [1.807, 2.05) is 42.5 Å². The van der Waals surface area contributed by atoms with Crippen molar-refractivity contribution in [2.45, 2.75) is 44.6 Å². The van der Waals surface area contributed by atoms with Crippen LogP contribution in [0.5, 0.6) is 5.75 Å². The summed E-state index contributed by atoms with van der Waals surface area (Å²) in [6.45, 7) is 0.413. The second-order valence-corrected chi connectivity index (χ2v) is 8.12. The van der Waals surface area contributed by atoms with Gasteiger partial charge in [0.15, 0.2) is 0 Å². The number of nitriles is 1. The molecule has 29 heavy (non-hydrogen) atoms. The largest absolute Gasteiger partial charge is 0.489 e. The average molecular weight is 402 g/mol. The molecule has 0 spiro atoms. The predicted molar refractivity (Wildman–Crippen MR) is 118 cm³/mol. The first-order valence-electron chi connectivity index (χ1n) is 10.2. The van der Waals surface area contributed by atoms with Gasteiger partial charge in [-0.2, -0.15) is 5.26 Å². The molecule has 3 aromatic carbocycles. The fourth-order valence-electron chi connectivity index (χ4n) is 4.13. The van der Waals surface area contributed by atoms with E-state index in [9.17, 15) is 5.26 Å². The Morgan fingerprint density at radius 1 is 0.897 bits per heavy atom. The lowest BCUT2D eigenvalue weighted by Gasteiger charge is -2.22. The number of ether oxygens (including phenoxy) is 1. The van der Waals surface area contributed by atoms with Crippen molar-refractivity contribution in [3.05, 3.63) is 88.4 Å². The molecule has 0 unspecified atom stereocenters. The zero-order chi connectivity index (χ0) is 20.1. The van der Waals surface area contributed by atoms with Gasteiger partial charge in [-0.15, -0.1) is 0 Å². The van der Waals surface area contributed by atoms with Crippen LogP contribution < -0.4 is 4.74 Å². The highest BCUT2D eigenvalue weighted by atomic mass is 35.5. The van der Waals surface area contributed by atoms with Crippen molar-refractivity contribution in [1.29, 1.82) is 5.26 Å². The van der Waals surface area contributed by atoms with Gasteiger partial charge < -0.3 is 4.74 Å². The molecule has 1 fully saturated rings. The van der Waals surface area contributed by atoms with Gasteiger partial charge in [-0.05, 0) is 77.4 Å². The molecule has 4 rings (SSSR count). The molecule has 0 atom stereocenters. The third-order valence-electron chi connectivity index (χ3n) is 5.74. The molecule has 3 heteroatoms. The highest BCUT2D eigenvalue weighted by Crippen LogP contribution is 2.33. The van der Waals surface area contributed by atoms with Crippen molar-refractivity contribution < 1.29 is 4.74 Å². The molecule has 0 radical (unpaired) electrons. The second-order valence-electron chi connectivity index (χ2n) is 7.68. The van der Waals surface area contributed by atoms with Crippen LogP contribution in [0.3, 0.4) is 0 Å². The Labute approximate surface area is 177 Å². The summed E-state index contributed by atoms with van der Waals surface area (Å²) in [5, 5.41) is 10.00. The number of halogens is 1. The topological polar surface area (TPSA) is 33.0 Å². The Balaban J connectivity index is 1.51. The van der Waals surface area contributed by atoms with Crippen molar-refractivity contribution in [2.75, 3.05) is 0 Å². The van der Waals surface area contributed by atoms with E-state index in [1.54, 1.807) is 0 Å². The standard InChI is InChI=1S/C26H24ClNO/c27-24-11-7-22(8-12-24)26-15-6-19(17-28)16-23(26)18-29-25-13-9-21(10-14-25)20-4-2-1-3-5-20/h6-16,20H,1-5,18H2. The smallest absolute Gasteiger partial charge is 0.119 e. The van der Waals surface area contributed by atoms with Crippen molar-refractivity contribution in [2.24, 2.45) is 0 Å². The van der Waals surface area contributed by atoms with E-state index in [0.29, 0.717) is 23.1 Å². The zero-order valence-corrected chi connectivity index (χ0v) is 17.2.